The van der Waals surface area contributed by atoms with Crippen molar-refractivity contribution in [2.24, 2.45) is 0 Å². The molecule has 0 spiro atoms. The van der Waals surface area contributed by atoms with Gasteiger partial charge in [0.05, 0.1) is 0 Å². The van der Waals surface area contributed by atoms with Crippen molar-refractivity contribution in [3.05, 3.63) is 22.5 Å². The molecule has 2 heterocycles. The molecule has 2 rings (SSSR count). The fraction of sp³-hybridized carbons (Fsp3) is 0.500. The normalized spacial score (nSPS) is 24.9. The Morgan fingerprint density at radius 2 is 2.56 bits per heavy atom. The third-order valence-corrected chi connectivity index (χ3v) is 4.45. The van der Waals surface area contributed by atoms with Crippen LogP contribution in [0.25, 0.3) is 0 Å². The van der Waals surface area contributed by atoms with Crippen molar-refractivity contribution in [2.75, 3.05) is 12.3 Å². The number of hydrogen-bond donors (Lipinski definition) is 2. The predicted octanol–water partition coefficient (Wildman–Crippen LogP) is -1.07. The predicted molar refractivity (Wildman–Crippen MR) is 54.4 cm³/mol. The van der Waals surface area contributed by atoms with E-state index in [0.717, 1.165) is 10.8 Å². The number of aliphatic hydroxyl groups is 1. The molecule has 1 fully saturated rings. The van der Waals surface area contributed by atoms with Gasteiger partial charge in [0.15, 0.2) is 0 Å². The summed E-state index contributed by atoms with van der Waals surface area (Å²) < 4.78 is 19.6. The minimum atomic E-state index is -0.747. The summed E-state index contributed by atoms with van der Waals surface area (Å²) in [5.41, 5.74) is 4.52. The summed E-state index contributed by atoms with van der Waals surface area (Å²) in [5.74, 6) is -1.16. The quantitative estimate of drug-likeness (QED) is 0.678. The molecule has 0 saturated carbocycles. The number of nitrogen functional groups attached to an aromatic ring is 1. The van der Waals surface area contributed by atoms with E-state index in [1.54, 1.807) is 0 Å². The van der Waals surface area contributed by atoms with Crippen LogP contribution in [0.15, 0.2) is 11.0 Å². The van der Waals surface area contributed by atoms with E-state index >= 15 is 0 Å². The molecule has 0 bridgehead atoms. The number of aromatic nitrogens is 2. The number of nitrogens with zero attached hydrogens (tertiary/aromatic N) is 2. The SMILES string of the molecule is Nc1nc(=O)n([C@H]2C[Se][C@H](CO)O2)cc1F. The molecule has 1 aromatic rings. The van der Waals surface area contributed by atoms with E-state index in [4.69, 9.17) is 15.6 Å². The minimum absolute atomic E-state index is 0.0801. The average Bonchev–Trinajstić information content (AvgIpc) is 2.71. The Hall–Kier alpha value is -0.951. The molecule has 16 heavy (non-hydrogen) atoms. The molecule has 1 aromatic heterocycles. The van der Waals surface area contributed by atoms with Crippen molar-refractivity contribution in [3.8, 4) is 0 Å². The number of halogens is 1. The van der Waals surface area contributed by atoms with Gasteiger partial charge in [0.1, 0.15) is 0 Å². The number of ether oxygens (including phenoxy) is 1. The van der Waals surface area contributed by atoms with Gasteiger partial charge in [-0.2, -0.15) is 0 Å². The summed E-state index contributed by atoms with van der Waals surface area (Å²) in [6.07, 6.45) is 0.442. The van der Waals surface area contributed by atoms with Gasteiger partial charge in [-0.05, 0) is 0 Å². The molecule has 6 nitrogen and oxygen atoms in total. The number of hydrogen-bond acceptors (Lipinski definition) is 5. The average molecular weight is 294 g/mol. The summed E-state index contributed by atoms with van der Waals surface area (Å²) in [6.45, 7) is -0.0872. The Morgan fingerprint density at radius 3 is 3.19 bits per heavy atom. The van der Waals surface area contributed by atoms with Crippen LogP contribution in [0.1, 0.15) is 6.23 Å². The Morgan fingerprint density at radius 1 is 1.81 bits per heavy atom. The van der Waals surface area contributed by atoms with Crippen LogP contribution >= 0.6 is 0 Å². The molecule has 0 aromatic carbocycles. The van der Waals surface area contributed by atoms with Crippen LogP contribution in [0.5, 0.6) is 0 Å². The van der Waals surface area contributed by atoms with Crippen molar-refractivity contribution in [1.82, 2.24) is 9.55 Å². The van der Waals surface area contributed by atoms with E-state index in [2.05, 4.69) is 4.98 Å². The summed E-state index contributed by atoms with van der Waals surface area (Å²) in [6, 6.07) is 0. The van der Waals surface area contributed by atoms with Crippen LogP contribution in [0.2, 0.25) is 5.32 Å². The van der Waals surface area contributed by atoms with Crippen molar-refractivity contribution >= 4 is 20.8 Å². The second-order valence-corrected chi connectivity index (χ2v) is 5.70. The standard InChI is InChI=1S/C8H10FN3O3Se/c9-4-1-12(8(14)11-7(4)10)5-3-16-6(2-13)15-5/h1,5-6,13H,2-3H2,(H2,10,11,14)/t5-,6-/m1/s1. The summed E-state index contributed by atoms with van der Waals surface area (Å²) >= 11 is 0.0801. The molecule has 88 valence electrons. The zero-order valence-electron chi connectivity index (χ0n) is 8.17. The molecule has 1 aliphatic rings. The first-order valence-corrected chi connectivity index (χ1v) is 6.74. The van der Waals surface area contributed by atoms with Gasteiger partial charge in [-0.1, -0.05) is 0 Å². The molecule has 8 heteroatoms. The van der Waals surface area contributed by atoms with E-state index in [9.17, 15) is 9.18 Å². The monoisotopic (exact) mass is 295 g/mol. The van der Waals surface area contributed by atoms with Crippen molar-refractivity contribution < 1.29 is 14.2 Å². The first kappa shape index (κ1) is 11.5. The number of rotatable bonds is 2. The van der Waals surface area contributed by atoms with Crippen LogP contribution in [0.3, 0.4) is 0 Å². The van der Waals surface area contributed by atoms with E-state index < -0.39 is 23.6 Å². The third kappa shape index (κ3) is 2.10. The van der Waals surface area contributed by atoms with Crippen LogP contribution in [-0.4, -0.2) is 41.2 Å². The maximum absolute atomic E-state index is 13.1. The number of aliphatic hydroxyl groups excluding tert-OH is 1. The zero-order valence-corrected chi connectivity index (χ0v) is 9.88. The van der Waals surface area contributed by atoms with E-state index in [-0.39, 0.29) is 26.6 Å². The van der Waals surface area contributed by atoms with Crippen LogP contribution in [0.4, 0.5) is 10.2 Å². The van der Waals surface area contributed by atoms with Gasteiger partial charge < -0.3 is 0 Å². The first-order valence-electron chi connectivity index (χ1n) is 4.54. The molecular formula is C8H10FN3O3Se. The van der Waals surface area contributed by atoms with Gasteiger partial charge >= 0.3 is 95.9 Å². The first-order chi connectivity index (χ1) is 7.61. The Kier molecular flexibility index (Phi) is 3.25. The molecule has 0 radical (unpaired) electrons. The fourth-order valence-electron chi connectivity index (χ4n) is 1.35. The van der Waals surface area contributed by atoms with Gasteiger partial charge in [-0.15, -0.1) is 0 Å². The Balaban J connectivity index is 2.28. The molecule has 3 N–H and O–H groups in total. The van der Waals surface area contributed by atoms with Gasteiger partial charge in [-0.25, -0.2) is 0 Å². The van der Waals surface area contributed by atoms with Gasteiger partial charge in [0, 0.05) is 0 Å². The molecule has 1 saturated heterocycles. The second-order valence-electron chi connectivity index (χ2n) is 3.20. The molecule has 0 amide bonds. The molecule has 1 aliphatic heterocycles. The summed E-state index contributed by atoms with van der Waals surface area (Å²) in [4.78, 5) is 14.8. The van der Waals surface area contributed by atoms with Crippen LogP contribution < -0.4 is 11.4 Å². The molecule has 0 aliphatic carbocycles. The van der Waals surface area contributed by atoms with Gasteiger partial charge in [0.25, 0.3) is 0 Å². The van der Waals surface area contributed by atoms with Crippen molar-refractivity contribution in [2.45, 2.75) is 16.5 Å². The molecule has 0 unspecified atom stereocenters. The van der Waals surface area contributed by atoms with E-state index in [0.29, 0.717) is 5.32 Å². The fourth-order valence-corrected chi connectivity index (χ4v) is 3.30. The summed E-state index contributed by atoms with van der Waals surface area (Å²) in [5, 5.41) is 9.25. The number of nitrogens with two attached hydrogens (primary N) is 1. The third-order valence-electron chi connectivity index (χ3n) is 2.13. The Bertz CT molecular complexity index is 453. The van der Waals surface area contributed by atoms with Crippen molar-refractivity contribution in [1.29, 1.82) is 0 Å². The van der Waals surface area contributed by atoms with Crippen LogP contribution in [0, 0.1) is 5.82 Å². The molecule has 2 atom stereocenters. The van der Waals surface area contributed by atoms with Gasteiger partial charge in [0.2, 0.25) is 0 Å². The zero-order chi connectivity index (χ0) is 11.7. The maximum atomic E-state index is 13.1. The van der Waals surface area contributed by atoms with E-state index in [1.807, 2.05) is 0 Å². The van der Waals surface area contributed by atoms with E-state index in [1.165, 1.54) is 0 Å². The second kappa shape index (κ2) is 4.50. The Labute approximate surface area is 96.4 Å². The summed E-state index contributed by atoms with van der Waals surface area (Å²) in [7, 11) is 0. The van der Waals surface area contributed by atoms with Gasteiger partial charge in [-0.3, -0.25) is 0 Å². The molecular weight excluding hydrogens is 284 g/mol. The topological polar surface area (TPSA) is 90.4 Å². The van der Waals surface area contributed by atoms with Crippen molar-refractivity contribution in [3.63, 3.8) is 0 Å². The number of anilines is 1. The van der Waals surface area contributed by atoms with Crippen LogP contribution in [-0.2, 0) is 4.74 Å².